The van der Waals surface area contributed by atoms with Gasteiger partial charge in [0.05, 0.1) is 30.5 Å². The van der Waals surface area contributed by atoms with Crippen LogP contribution in [0.25, 0.3) is 0 Å². The quantitative estimate of drug-likeness (QED) is 0.633. The minimum Gasteiger partial charge on any atom is -0.497 e. The molecule has 0 radical (unpaired) electrons. The average Bonchev–Trinajstić information content (AvgIpc) is 3.27. The average molecular weight is 442 g/mol. The third-order valence-electron chi connectivity index (χ3n) is 5.35. The molecular formula is C22H24ClN5O3. The number of nitrogens with zero attached hydrogens (tertiary/aromatic N) is 5. The summed E-state index contributed by atoms with van der Waals surface area (Å²) < 4.78 is 6.62. The summed E-state index contributed by atoms with van der Waals surface area (Å²) in [6.45, 7) is 2.70. The number of benzene rings is 2. The number of carbonyl (C=O) groups is 1. The lowest BCUT2D eigenvalue weighted by Gasteiger charge is -2.36. The molecule has 0 bridgehead atoms. The van der Waals surface area contributed by atoms with E-state index in [1.54, 1.807) is 36.3 Å². The van der Waals surface area contributed by atoms with Crippen molar-refractivity contribution in [3.05, 3.63) is 71.3 Å². The number of hydrogen-bond acceptors (Lipinski definition) is 6. The molecule has 1 atom stereocenters. The number of rotatable bonds is 6. The number of ether oxygens (including phenoxy) is 1. The molecule has 2 heterocycles. The second-order valence-corrected chi connectivity index (χ2v) is 7.72. The smallest absolute Gasteiger partial charge is 0.293 e. The lowest BCUT2D eigenvalue weighted by molar-refractivity contribution is 0.0733. The number of aromatic nitrogens is 3. The van der Waals surface area contributed by atoms with E-state index in [0.717, 1.165) is 17.0 Å². The number of halogens is 1. The van der Waals surface area contributed by atoms with Crippen LogP contribution in [0.4, 0.5) is 5.69 Å². The van der Waals surface area contributed by atoms with Crippen molar-refractivity contribution in [3.63, 3.8) is 0 Å². The van der Waals surface area contributed by atoms with Gasteiger partial charge in [0.1, 0.15) is 12.1 Å². The second kappa shape index (κ2) is 9.36. The van der Waals surface area contributed by atoms with Crippen LogP contribution in [0.2, 0.25) is 5.02 Å². The molecule has 1 aromatic heterocycles. The van der Waals surface area contributed by atoms with E-state index < -0.39 is 6.10 Å². The Kier molecular flexibility index (Phi) is 6.39. The van der Waals surface area contributed by atoms with Crippen LogP contribution in [0, 0.1) is 0 Å². The van der Waals surface area contributed by atoms with Crippen molar-refractivity contribution in [1.82, 2.24) is 19.7 Å². The van der Waals surface area contributed by atoms with Crippen LogP contribution in [0.3, 0.4) is 0 Å². The summed E-state index contributed by atoms with van der Waals surface area (Å²) in [6.07, 6.45) is 0.703. The SMILES string of the molecule is COc1ccc([C@@H](O)Cn2cnc(C(=O)N3CCN(c4ccccc4Cl)CC3)n2)cc1. The van der Waals surface area contributed by atoms with Crippen LogP contribution in [0.15, 0.2) is 54.9 Å². The zero-order valence-electron chi connectivity index (χ0n) is 17.2. The Morgan fingerprint density at radius 3 is 2.52 bits per heavy atom. The van der Waals surface area contributed by atoms with Crippen LogP contribution in [0.1, 0.15) is 22.3 Å². The normalized spacial score (nSPS) is 15.1. The minimum absolute atomic E-state index is 0.133. The molecule has 1 aliphatic heterocycles. The summed E-state index contributed by atoms with van der Waals surface area (Å²) in [7, 11) is 1.59. The maximum atomic E-state index is 12.8. The van der Waals surface area contributed by atoms with Crippen molar-refractivity contribution in [2.24, 2.45) is 0 Å². The van der Waals surface area contributed by atoms with Gasteiger partial charge in [-0.15, -0.1) is 5.10 Å². The van der Waals surface area contributed by atoms with E-state index >= 15 is 0 Å². The highest BCUT2D eigenvalue weighted by atomic mass is 35.5. The van der Waals surface area contributed by atoms with Gasteiger partial charge in [-0.1, -0.05) is 35.9 Å². The molecule has 0 unspecified atom stereocenters. The fourth-order valence-electron chi connectivity index (χ4n) is 3.59. The predicted octanol–water partition coefficient (Wildman–Crippen LogP) is 2.64. The molecule has 1 aliphatic rings. The molecule has 0 spiro atoms. The van der Waals surface area contributed by atoms with Gasteiger partial charge in [-0.3, -0.25) is 4.79 Å². The lowest BCUT2D eigenvalue weighted by atomic mass is 10.1. The highest BCUT2D eigenvalue weighted by Gasteiger charge is 2.25. The zero-order valence-corrected chi connectivity index (χ0v) is 17.9. The van der Waals surface area contributed by atoms with Gasteiger partial charge in [-0.05, 0) is 29.8 Å². The standard InChI is InChI=1S/C22H24ClN5O3/c1-31-17-8-6-16(7-9-17)20(29)14-28-15-24-21(25-28)22(30)27-12-10-26(11-13-27)19-5-3-2-4-18(19)23/h2-9,15,20,29H,10-14H2,1H3/t20-/m0/s1. The molecule has 1 fully saturated rings. The van der Waals surface area contributed by atoms with Gasteiger partial charge in [-0.2, -0.15) is 0 Å². The van der Waals surface area contributed by atoms with Crippen molar-refractivity contribution in [2.75, 3.05) is 38.2 Å². The van der Waals surface area contributed by atoms with E-state index in [0.29, 0.717) is 31.2 Å². The zero-order chi connectivity index (χ0) is 21.8. The van der Waals surface area contributed by atoms with Crippen molar-refractivity contribution in [2.45, 2.75) is 12.6 Å². The molecule has 1 saturated heterocycles. The molecule has 0 saturated carbocycles. The third kappa shape index (κ3) is 4.81. The number of carbonyl (C=O) groups excluding carboxylic acids is 1. The molecule has 9 heteroatoms. The van der Waals surface area contributed by atoms with Gasteiger partial charge in [-0.25, -0.2) is 9.67 Å². The summed E-state index contributed by atoms with van der Waals surface area (Å²) in [5.74, 6) is 0.642. The Balaban J connectivity index is 1.34. The number of piperazine rings is 1. The summed E-state index contributed by atoms with van der Waals surface area (Å²) in [4.78, 5) is 20.9. The van der Waals surface area contributed by atoms with E-state index in [1.807, 2.05) is 24.3 Å². The van der Waals surface area contributed by atoms with E-state index in [2.05, 4.69) is 15.0 Å². The topological polar surface area (TPSA) is 83.7 Å². The fraction of sp³-hybridized carbons (Fsp3) is 0.318. The van der Waals surface area contributed by atoms with Gasteiger partial charge in [0.15, 0.2) is 0 Å². The Hall–Kier alpha value is -3.10. The lowest BCUT2D eigenvalue weighted by Crippen LogP contribution is -2.49. The van der Waals surface area contributed by atoms with Crippen molar-refractivity contribution < 1.29 is 14.6 Å². The first-order valence-corrected chi connectivity index (χ1v) is 10.4. The monoisotopic (exact) mass is 441 g/mol. The Bertz CT molecular complexity index is 1030. The van der Waals surface area contributed by atoms with Crippen LogP contribution in [-0.4, -0.2) is 64.0 Å². The van der Waals surface area contributed by atoms with E-state index in [4.69, 9.17) is 16.3 Å². The minimum atomic E-state index is -0.769. The second-order valence-electron chi connectivity index (χ2n) is 7.31. The molecule has 1 N–H and O–H groups in total. The Morgan fingerprint density at radius 2 is 1.84 bits per heavy atom. The largest absolute Gasteiger partial charge is 0.497 e. The van der Waals surface area contributed by atoms with Gasteiger partial charge < -0.3 is 19.6 Å². The number of hydrogen-bond donors (Lipinski definition) is 1. The van der Waals surface area contributed by atoms with Gasteiger partial charge in [0.2, 0.25) is 5.82 Å². The van der Waals surface area contributed by atoms with E-state index in [9.17, 15) is 9.90 Å². The van der Waals surface area contributed by atoms with Crippen LogP contribution in [0.5, 0.6) is 5.75 Å². The maximum Gasteiger partial charge on any atom is 0.293 e. The molecule has 1 amide bonds. The maximum absolute atomic E-state index is 12.8. The highest BCUT2D eigenvalue weighted by Crippen LogP contribution is 2.26. The van der Waals surface area contributed by atoms with Gasteiger partial charge >= 0.3 is 0 Å². The number of amides is 1. The molecular weight excluding hydrogens is 418 g/mol. The number of aliphatic hydroxyl groups excluding tert-OH is 1. The van der Waals surface area contributed by atoms with Crippen molar-refractivity contribution >= 4 is 23.2 Å². The molecule has 3 aromatic rings. The number of methoxy groups -OCH3 is 1. The number of aliphatic hydroxyl groups is 1. The van der Waals surface area contributed by atoms with Crippen LogP contribution in [-0.2, 0) is 6.54 Å². The van der Waals surface area contributed by atoms with Crippen LogP contribution >= 0.6 is 11.6 Å². The summed E-state index contributed by atoms with van der Waals surface area (Å²) in [5.41, 5.74) is 1.71. The molecule has 0 aliphatic carbocycles. The molecule has 31 heavy (non-hydrogen) atoms. The molecule has 8 nitrogen and oxygen atoms in total. The first-order chi connectivity index (χ1) is 15.0. The summed E-state index contributed by atoms with van der Waals surface area (Å²) in [6, 6.07) is 14.9. The van der Waals surface area contributed by atoms with E-state index in [1.165, 1.54) is 11.0 Å². The van der Waals surface area contributed by atoms with Crippen LogP contribution < -0.4 is 9.64 Å². The third-order valence-corrected chi connectivity index (χ3v) is 5.67. The Morgan fingerprint density at radius 1 is 1.13 bits per heavy atom. The summed E-state index contributed by atoms with van der Waals surface area (Å²) >= 11 is 6.28. The fourth-order valence-corrected chi connectivity index (χ4v) is 3.84. The first-order valence-electron chi connectivity index (χ1n) is 10.1. The first kappa shape index (κ1) is 21.1. The van der Waals surface area contributed by atoms with Gasteiger partial charge in [0, 0.05) is 26.2 Å². The van der Waals surface area contributed by atoms with Crippen molar-refractivity contribution in [1.29, 1.82) is 0 Å². The van der Waals surface area contributed by atoms with E-state index in [-0.39, 0.29) is 18.3 Å². The van der Waals surface area contributed by atoms with Gasteiger partial charge in [0.25, 0.3) is 5.91 Å². The summed E-state index contributed by atoms with van der Waals surface area (Å²) in [5, 5.41) is 15.4. The molecule has 2 aromatic carbocycles. The highest BCUT2D eigenvalue weighted by molar-refractivity contribution is 6.33. The predicted molar refractivity (Wildman–Crippen MR) is 118 cm³/mol. The number of anilines is 1. The Labute approximate surface area is 185 Å². The molecule has 4 rings (SSSR count). The van der Waals surface area contributed by atoms with Crippen molar-refractivity contribution in [3.8, 4) is 5.75 Å². The molecule has 162 valence electrons. The number of para-hydroxylation sites is 1.